The number of hydrogen-bond donors (Lipinski definition) is 14. The number of carbonyl (C=O) groups is 1. The molecular weight excluding hydrogens is 624 g/mol. The molecule has 0 aliphatic carbocycles. The lowest BCUT2D eigenvalue weighted by Crippen LogP contribution is -2.67. The molecular formula is C24H42O21. The van der Waals surface area contributed by atoms with Crippen LogP contribution in [0.3, 0.4) is 0 Å². The zero-order chi connectivity index (χ0) is 33.9. The summed E-state index contributed by atoms with van der Waals surface area (Å²) in [5.74, 6) is -1.80. The molecule has 0 aromatic rings. The fourth-order valence-corrected chi connectivity index (χ4v) is 5.08. The fraction of sp³-hybridized carbons (Fsp3) is 0.958. The Morgan fingerprint density at radius 2 is 1.16 bits per heavy atom. The Hall–Kier alpha value is -1.29. The van der Waals surface area contributed by atoms with Crippen LogP contribution in [0, 0.1) is 0 Å². The number of hydrogen-bond acceptors (Lipinski definition) is 20. The summed E-state index contributed by atoms with van der Waals surface area (Å²) in [7, 11) is 0. The summed E-state index contributed by atoms with van der Waals surface area (Å²) in [6.45, 7) is -1.61. The quantitative estimate of drug-likeness (QED) is 0.0867. The van der Waals surface area contributed by atoms with E-state index in [1.807, 2.05) is 0 Å². The maximum Gasteiger partial charge on any atom is 0.335 e. The predicted molar refractivity (Wildman–Crippen MR) is 135 cm³/mol. The third-order valence-electron chi connectivity index (χ3n) is 7.72. The maximum atomic E-state index is 12.0. The number of carboxylic acid groups (broad SMARTS) is 1. The van der Waals surface area contributed by atoms with Gasteiger partial charge in [0, 0.05) is 0 Å². The highest BCUT2D eigenvalue weighted by Gasteiger charge is 2.55. The molecule has 45 heavy (non-hydrogen) atoms. The highest BCUT2D eigenvalue weighted by atomic mass is 16.8. The lowest BCUT2D eigenvalue weighted by Gasteiger charge is -2.48. The third kappa shape index (κ3) is 8.24. The molecule has 3 rings (SSSR count). The first-order valence-corrected chi connectivity index (χ1v) is 13.9. The predicted octanol–water partition coefficient (Wildman–Crippen LogP) is -8.99. The molecule has 0 amide bonds. The summed E-state index contributed by atoms with van der Waals surface area (Å²) in [6, 6.07) is 0. The van der Waals surface area contributed by atoms with Crippen LogP contribution in [0.1, 0.15) is 6.92 Å². The van der Waals surface area contributed by atoms with Crippen molar-refractivity contribution < 1.29 is 105 Å². The number of ether oxygens (including phenoxy) is 6. The normalized spacial score (nSPS) is 45.4. The molecule has 0 saturated carbocycles. The van der Waals surface area contributed by atoms with Crippen LogP contribution in [0.4, 0.5) is 0 Å². The molecule has 21 heteroatoms. The van der Waals surface area contributed by atoms with Crippen molar-refractivity contribution in [1.82, 2.24) is 0 Å². The average Bonchev–Trinajstić information content (AvgIpc) is 3.01. The van der Waals surface area contributed by atoms with Gasteiger partial charge >= 0.3 is 5.97 Å². The van der Waals surface area contributed by atoms with E-state index in [0.29, 0.717) is 0 Å². The van der Waals surface area contributed by atoms with E-state index < -0.39 is 142 Å². The van der Waals surface area contributed by atoms with Crippen LogP contribution >= 0.6 is 0 Å². The molecule has 264 valence electrons. The fourth-order valence-electron chi connectivity index (χ4n) is 5.08. The van der Waals surface area contributed by atoms with E-state index in [9.17, 15) is 71.2 Å². The van der Waals surface area contributed by atoms with Crippen molar-refractivity contribution in [2.45, 2.75) is 123 Å². The second-order valence-corrected chi connectivity index (χ2v) is 10.9. The van der Waals surface area contributed by atoms with Gasteiger partial charge in [-0.1, -0.05) is 0 Å². The number of carboxylic acids is 1. The molecule has 3 aliphatic heterocycles. The molecule has 0 bridgehead atoms. The van der Waals surface area contributed by atoms with Gasteiger partial charge in [-0.05, 0) is 6.92 Å². The van der Waals surface area contributed by atoms with E-state index in [1.54, 1.807) is 0 Å². The number of aliphatic hydroxyl groups is 13. The summed E-state index contributed by atoms with van der Waals surface area (Å²) in [5.41, 5.74) is 0. The second-order valence-electron chi connectivity index (χ2n) is 10.9. The van der Waals surface area contributed by atoms with Gasteiger partial charge in [-0.25, -0.2) is 4.79 Å². The van der Waals surface area contributed by atoms with Crippen molar-refractivity contribution in [2.75, 3.05) is 19.8 Å². The molecule has 0 spiro atoms. The van der Waals surface area contributed by atoms with Crippen LogP contribution in [0.2, 0.25) is 0 Å². The highest BCUT2D eigenvalue weighted by molar-refractivity contribution is 5.73. The second kappa shape index (κ2) is 16.2. The molecule has 0 radical (unpaired) electrons. The van der Waals surface area contributed by atoms with Gasteiger partial charge in [0.05, 0.1) is 25.9 Å². The van der Waals surface area contributed by atoms with Crippen molar-refractivity contribution in [3.05, 3.63) is 0 Å². The topological polar surface area (TPSA) is 356 Å². The standard InChI is InChI=1S/C24H42O21/c1-5(28)17(9(30)6(29)2-25)42-23-15(36)12(33)18(8(4-27)41-23)43-24-16(37)13(34)19(20(45-24)21(38)39)44-22-14(35)11(32)10(31)7(3-26)40-22/h5-20,22-37H,2-4H2,1H3,(H,38,39). The van der Waals surface area contributed by atoms with Gasteiger partial charge < -0.3 is 99.9 Å². The first-order chi connectivity index (χ1) is 21.1. The first-order valence-electron chi connectivity index (χ1n) is 13.9. The van der Waals surface area contributed by atoms with Crippen LogP contribution in [-0.2, 0) is 33.2 Å². The van der Waals surface area contributed by atoms with E-state index in [-0.39, 0.29) is 0 Å². The Morgan fingerprint density at radius 3 is 1.69 bits per heavy atom. The Kier molecular flexibility index (Phi) is 13.7. The maximum absolute atomic E-state index is 12.0. The lowest BCUT2D eigenvalue weighted by molar-refractivity contribution is -0.378. The van der Waals surface area contributed by atoms with E-state index >= 15 is 0 Å². The molecule has 3 fully saturated rings. The Bertz CT molecular complexity index is 923. The summed E-state index contributed by atoms with van der Waals surface area (Å²) in [5, 5.41) is 141. The van der Waals surface area contributed by atoms with E-state index in [2.05, 4.69) is 0 Å². The van der Waals surface area contributed by atoms with Crippen LogP contribution in [-0.4, -0.2) is 214 Å². The van der Waals surface area contributed by atoms with Gasteiger partial charge in [0.15, 0.2) is 25.0 Å². The van der Waals surface area contributed by atoms with Crippen LogP contribution in [0.15, 0.2) is 0 Å². The van der Waals surface area contributed by atoms with Crippen molar-refractivity contribution in [3.8, 4) is 0 Å². The molecule has 3 saturated heterocycles. The van der Waals surface area contributed by atoms with Crippen molar-refractivity contribution in [3.63, 3.8) is 0 Å². The van der Waals surface area contributed by atoms with E-state index in [4.69, 9.17) is 33.5 Å². The highest BCUT2D eigenvalue weighted by Crippen LogP contribution is 2.33. The third-order valence-corrected chi connectivity index (χ3v) is 7.72. The van der Waals surface area contributed by atoms with Crippen molar-refractivity contribution >= 4 is 5.97 Å². The van der Waals surface area contributed by atoms with Gasteiger partial charge in [0.1, 0.15) is 85.5 Å². The van der Waals surface area contributed by atoms with E-state index in [0.717, 1.165) is 6.92 Å². The summed E-state index contributed by atoms with van der Waals surface area (Å²) in [4.78, 5) is 12.0. The number of aliphatic carboxylic acids is 1. The minimum Gasteiger partial charge on any atom is -0.479 e. The van der Waals surface area contributed by atoms with Gasteiger partial charge in [0.2, 0.25) is 0 Å². The summed E-state index contributed by atoms with van der Waals surface area (Å²) < 4.78 is 31.9. The zero-order valence-electron chi connectivity index (χ0n) is 23.7. The van der Waals surface area contributed by atoms with Gasteiger partial charge in [-0.3, -0.25) is 0 Å². The smallest absolute Gasteiger partial charge is 0.335 e. The lowest BCUT2D eigenvalue weighted by atomic mass is 9.95. The van der Waals surface area contributed by atoms with Crippen LogP contribution in [0.5, 0.6) is 0 Å². The van der Waals surface area contributed by atoms with E-state index in [1.165, 1.54) is 0 Å². The number of aliphatic hydroxyl groups excluding tert-OH is 13. The minimum absolute atomic E-state index is 0.851. The van der Waals surface area contributed by atoms with Crippen molar-refractivity contribution in [1.29, 1.82) is 0 Å². The van der Waals surface area contributed by atoms with Crippen molar-refractivity contribution in [2.24, 2.45) is 0 Å². The minimum atomic E-state index is -2.20. The zero-order valence-corrected chi connectivity index (χ0v) is 23.7. The SMILES string of the molecule is CC(O)C(OC1OC(CO)C(OC2OC(C(=O)O)C(OC3OC(CO)C(O)C(O)C3O)C(O)C2O)C(O)C1O)C(O)C(O)CO. The first kappa shape index (κ1) is 38.2. The monoisotopic (exact) mass is 666 g/mol. The average molecular weight is 667 g/mol. The molecule has 3 heterocycles. The largest absolute Gasteiger partial charge is 0.479 e. The van der Waals surface area contributed by atoms with Crippen LogP contribution in [0.25, 0.3) is 0 Å². The van der Waals surface area contributed by atoms with Gasteiger partial charge in [-0.15, -0.1) is 0 Å². The summed E-state index contributed by atoms with van der Waals surface area (Å²) in [6.07, 6.45) is -36.1. The number of rotatable bonds is 13. The summed E-state index contributed by atoms with van der Waals surface area (Å²) >= 11 is 0. The molecule has 19 atom stereocenters. The molecule has 21 nitrogen and oxygen atoms in total. The Labute approximate surface area is 254 Å². The van der Waals surface area contributed by atoms with Gasteiger partial charge in [-0.2, -0.15) is 0 Å². The molecule has 19 unspecified atom stereocenters. The molecule has 0 aromatic heterocycles. The molecule has 0 aromatic carbocycles. The van der Waals surface area contributed by atoms with Crippen LogP contribution < -0.4 is 0 Å². The van der Waals surface area contributed by atoms with Gasteiger partial charge in [0.25, 0.3) is 0 Å². The Morgan fingerprint density at radius 1 is 0.667 bits per heavy atom. The molecule has 3 aliphatic rings. The molecule has 14 N–H and O–H groups in total. The Balaban J connectivity index is 1.75.